The molecule has 0 bridgehead atoms. The zero-order chi connectivity index (χ0) is 15.1. The van der Waals surface area contributed by atoms with Crippen LogP contribution in [0.15, 0.2) is 0 Å². The maximum atomic E-state index is 11.3. The molecule has 0 aliphatic carbocycles. The van der Waals surface area contributed by atoms with E-state index < -0.39 is 11.9 Å². The summed E-state index contributed by atoms with van der Waals surface area (Å²) in [5.41, 5.74) is -0.133. The first-order valence-electron chi connectivity index (χ1n) is 7.12. The van der Waals surface area contributed by atoms with Gasteiger partial charge >= 0.3 is 11.9 Å². The molecule has 0 heterocycles. The van der Waals surface area contributed by atoms with Gasteiger partial charge in [-0.2, -0.15) is 0 Å². The minimum absolute atomic E-state index is 0.0770. The van der Waals surface area contributed by atoms with E-state index in [1.165, 1.54) is 0 Å². The molecule has 0 fully saturated rings. The lowest BCUT2D eigenvalue weighted by Crippen LogP contribution is -2.25. The molecule has 0 aliphatic heterocycles. The first-order valence-corrected chi connectivity index (χ1v) is 7.12. The van der Waals surface area contributed by atoms with Gasteiger partial charge in [0.2, 0.25) is 0 Å². The minimum Gasteiger partial charge on any atom is -0.481 e. The Balaban J connectivity index is 4.44. The van der Waals surface area contributed by atoms with Crippen LogP contribution in [0, 0.1) is 17.3 Å². The Morgan fingerprint density at radius 2 is 1.74 bits per heavy atom. The first-order chi connectivity index (χ1) is 8.68. The summed E-state index contributed by atoms with van der Waals surface area (Å²) in [7, 11) is 0. The summed E-state index contributed by atoms with van der Waals surface area (Å²) in [4.78, 5) is 21.9. The van der Waals surface area contributed by atoms with Crippen LogP contribution in [0.5, 0.6) is 0 Å². The van der Waals surface area contributed by atoms with E-state index in [1.54, 1.807) is 0 Å². The van der Waals surface area contributed by atoms with E-state index >= 15 is 0 Å². The van der Waals surface area contributed by atoms with Crippen molar-refractivity contribution < 1.29 is 19.8 Å². The van der Waals surface area contributed by atoms with Crippen LogP contribution in [0.3, 0.4) is 0 Å². The van der Waals surface area contributed by atoms with Gasteiger partial charge in [-0.25, -0.2) is 0 Å². The smallest absolute Gasteiger partial charge is 0.306 e. The van der Waals surface area contributed by atoms with Crippen molar-refractivity contribution in [2.45, 2.75) is 66.2 Å². The predicted molar refractivity (Wildman–Crippen MR) is 75.1 cm³/mol. The molecule has 0 amide bonds. The largest absolute Gasteiger partial charge is 0.481 e. The third-order valence-electron chi connectivity index (χ3n) is 3.48. The van der Waals surface area contributed by atoms with Crippen LogP contribution in [-0.2, 0) is 9.59 Å². The summed E-state index contributed by atoms with van der Waals surface area (Å²) in [6.07, 6.45) is 4.15. The number of aliphatic carboxylic acids is 2. The second kappa shape index (κ2) is 8.18. The number of hydrogen-bond acceptors (Lipinski definition) is 2. The summed E-state index contributed by atoms with van der Waals surface area (Å²) < 4.78 is 0. The van der Waals surface area contributed by atoms with E-state index in [4.69, 9.17) is 5.11 Å². The van der Waals surface area contributed by atoms with Gasteiger partial charge in [0.1, 0.15) is 0 Å². The summed E-state index contributed by atoms with van der Waals surface area (Å²) in [6, 6.07) is 0. The molecule has 2 N–H and O–H groups in total. The van der Waals surface area contributed by atoms with Gasteiger partial charge < -0.3 is 10.2 Å². The Labute approximate surface area is 116 Å². The molecule has 4 nitrogen and oxygen atoms in total. The molecule has 0 rings (SSSR count). The minimum atomic E-state index is -0.788. The lowest BCUT2D eigenvalue weighted by Gasteiger charge is -2.30. The molecule has 0 saturated carbocycles. The van der Waals surface area contributed by atoms with Crippen molar-refractivity contribution in [2.75, 3.05) is 0 Å². The van der Waals surface area contributed by atoms with Crippen molar-refractivity contribution in [3.8, 4) is 0 Å². The van der Waals surface area contributed by atoms with Crippen LogP contribution in [-0.4, -0.2) is 22.2 Å². The van der Waals surface area contributed by atoms with Gasteiger partial charge in [0.15, 0.2) is 0 Å². The van der Waals surface area contributed by atoms with Gasteiger partial charge in [0.05, 0.1) is 5.92 Å². The third kappa shape index (κ3) is 8.62. The van der Waals surface area contributed by atoms with Gasteiger partial charge in [-0.3, -0.25) is 9.59 Å². The number of unbranched alkanes of at least 4 members (excludes halogenated alkanes) is 1. The summed E-state index contributed by atoms with van der Waals surface area (Å²) in [5.74, 6) is -1.75. The van der Waals surface area contributed by atoms with Crippen molar-refractivity contribution in [2.24, 2.45) is 17.3 Å². The molecular formula is C15H28O4. The van der Waals surface area contributed by atoms with Gasteiger partial charge in [-0.05, 0) is 30.6 Å². The molecule has 0 aromatic carbocycles. The van der Waals surface area contributed by atoms with Crippen molar-refractivity contribution in [1.82, 2.24) is 0 Å². The van der Waals surface area contributed by atoms with Gasteiger partial charge in [-0.1, -0.05) is 40.5 Å². The second-order valence-corrected chi connectivity index (χ2v) is 6.45. The van der Waals surface area contributed by atoms with E-state index in [9.17, 15) is 14.7 Å². The predicted octanol–water partition coefficient (Wildman–Crippen LogP) is 3.79. The topological polar surface area (TPSA) is 74.6 Å². The Morgan fingerprint density at radius 3 is 2.16 bits per heavy atom. The van der Waals surface area contributed by atoms with Crippen LogP contribution in [0.2, 0.25) is 0 Å². The number of carbonyl (C=O) groups is 2. The second-order valence-electron chi connectivity index (χ2n) is 6.45. The average molecular weight is 272 g/mol. The standard InChI is InChI=1S/C15H28O4/c1-5-6-7-12(14(18)19)10-15(3,4)9-11(2)8-13(16)17/h11-12H,5-10H2,1-4H3,(H,16,17)(H,18,19). The molecule has 0 aromatic rings. The molecule has 0 saturated heterocycles. The number of carboxylic acid groups (broad SMARTS) is 2. The fraction of sp³-hybridized carbons (Fsp3) is 0.867. The van der Waals surface area contributed by atoms with Gasteiger partial charge in [-0.15, -0.1) is 0 Å². The van der Waals surface area contributed by atoms with Crippen LogP contribution < -0.4 is 0 Å². The molecule has 2 unspecified atom stereocenters. The highest BCUT2D eigenvalue weighted by Gasteiger charge is 2.29. The van der Waals surface area contributed by atoms with Crippen molar-refractivity contribution >= 4 is 11.9 Å². The first kappa shape index (κ1) is 17.9. The monoisotopic (exact) mass is 272 g/mol. The average Bonchev–Trinajstić information content (AvgIpc) is 2.21. The lowest BCUT2D eigenvalue weighted by atomic mass is 9.75. The number of hydrogen-bond donors (Lipinski definition) is 2. The summed E-state index contributed by atoms with van der Waals surface area (Å²) >= 11 is 0. The van der Waals surface area contributed by atoms with Gasteiger partial charge in [0, 0.05) is 6.42 Å². The quantitative estimate of drug-likeness (QED) is 0.634. The Bertz CT molecular complexity index is 297. The summed E-state index contributed by atoms with van der Waals surface area (Å²) in [5, 5.41) is 18.0. The van der Waals surface area contributed by atoms with Crippen LogP contribution in [0.1, 0.15) is 66.2 Å². The molecule has 19 heavy (non-hydrogen) atoms. The Hall–Kier alpha value is -1.06. The molecule has 2 atom stereocenters. The van der Waals surface area contributed by atoms with Crippen molar-refractivity contribution in [3.05, 3.63) is 0 Å². The summed E-state index contributed by atoms with van der Waals surface area (Å²) in [6.45, 7) is 8.04. The van der Waals surface area contributed by atoms with Crippen molar-refractivity contribution in [1.29, 1.82) is 0 Å². The molecule has 112 valence electrons. The molecule has 0 radical (unpaired) electrons. The van der Waals surface area contributed by atoms with E-state index in [0.29, 0.717) is 12.8 Å². The van der Waals surface area contributed by atoms with Crippen LogP contribution >= 0.6 is 0 Å². The fourth-order valence-electron chi connectivity index (χ4n) is 2.83. The van der Waals surface area contributed by atoms with E-state index in [2.05, 4.69) is 6.92 Å². The van der Waals surface area contributed by atoms with E-state index in [-0.39, 0.29) is 23.7 Å². The van der Waals surface area contributed by atoms with E-state index in [1.807, 2.05) is 20.8 Å². The normalized spacial score (nSPS) is 14.9. The number of carboxylic acids is 2. The third-order valence-corrected chi connectivity index (χ3v) is 3.48. The fourth-order valence-corrected chi connectivity index (χ4v) is 2.83. The Morgan fingerprint density at radius 1 is 1.16 bits per heavy atom. The Kier molecular flexibility index (Phi) is 7.72. The molecule has 0 aromatic heterocycles. The number of rotatable bonds is 10. The zero-order valence-corrected chi connectivity index (χ0v) is 12.6. The molecule has 0 aliphatic rings. The van der Waals surface area contributed by atoms with Gasteiger partial charge in [0.25, 0.3) is 0 Å². The van der Waals surface area contributed by atoms with Crippen LogP contribution in [0.25, 0.3) is 0 Å². The lowest BCUT2D eigenvalue weighted by molar-refractivity contribution is -0.143. The molecule has 4 heteroatoms. The SMILES string of the molecule is CCCCC(CC(C)(C)CC(C)CC(=O)O)C(=O)O. The highest BCUT2D eigenvalue weighted by molar-refractivity contribution is 5.70. The highest BCUT2D eigenvalue weighted by Crippen LogP contribution is 2.35. The maximum absolute atomic E-state index is 11.3. The maximum Gasteiger partial charge on any atom is 0.306 e. The zero-order valence-electron chi connectivity index (χ0n) is 12.6. The highest BCUT2D eigenvalue weighted by atomic mass is 16.4. The van der Waals surface area contributed by atoms with Crippen molar-refractivity contribution in [3.63, 3.8) is 0 Å². The molecule has 0 spiro atoms. The molecular weight excluding hydrogens is 244 g/mol. The van der Waals surface area contributed by atoms with E-state index in [0.717, 1.165) is 19.3 Å². The van der Waals surface area contributed by atoms with Crippen LogP contribution in [0.4, 0.5) is 0 Å².